The molecule has 0 radical (unpaired) electrons. The summed E-state index contributed by atoms with van der Waals surface area (Å²) in [5, 5.41) is 5.30. The predicted octanol–water partition coefficient (Wildman–Crippen LogP) is 2.20. The summed E-state index contributed by atoms with van der Waals surface area (Å²) in [6.45, 7) is 2.13. The zero-order valence-corrected chi connectivity index (χ0v) is 9.14. The molecule has 0 amide bonds. The number of anilines is 1. The molecule has 0 spiro atoms. The van der Waals surface area contributed by atoms with Crippen molar-refractivity contribution >= 4 is 23.0 Å². The van der Waals surface area contributed by atoms with Gasteiger partial charge in [0.05, 0.1) is 11.2 Å². The van der Waals surface area contributed by atoms with Crippen molar-refractivity contribution in [1.29, 1.82) is 0 Å². The highest BCUT2D eigenvalue weighted by Gasteiger charge is 2.10. The summed E-state index contributed by atoms with van der Waals surface area (Å²) in [5.74, 6) is 0. The van der Waals surface area contributed by atoms with Crippen molar-refractivity contribution < 1.29 is 0 Å². The van der Waals surface area contributed by atoms with Crippen molar-refractivity contribution in [3.05, 3.63) is 23.9 Å². The summed E-state index contributed by atoms with van der Waals surface area (Å²) in [6.07, 6.45) is 4.91. The predicted molar refractivity (Wildman–Crippen MR) is 60.8 cm³/mol. The maximum atomic E-state index is 6.02. The van der Waals surface area contributed by atoms with Crippen molar-refractivity contribution in [2.75, 3.05) is 12.0 Å². The molecule has 74 valence electrons. The lowest BCUT2D eigenvalue weighted by molar-refractivity contribution is 0.895. The lowest BCUT2D eigenvalue weighted by atomic mass is 10.2. The minimum Gasteiger partial charge on any atom is -0.395 e. The van der Waals surface area contributed by atoms with Crippen LogP contribution >= 0.6 is 11.8 Å². The number of nitrogens with two attached hydrogens (primary N) is 1. The molecule has 0 aliphatic carbocycles. The zero-order chi connectivity index (χ0) is 10.1. The van der Waals surface area contributed by atoms with E-state index < -0.39 is 0 Å². The topological polar surface area (TPSA) is 43.3 Å². The highest BCUT2D eigenvalue weighted by Crippen LogP contribution is 2.28. The second-order valence-electron chi connectivity index (χ2n) is 3.10. The van der Waals surface area contributed by atoms with Crippen LogP contribution in [0.5, 0.6) is 0 Å². The number of hydrogen-bond acceptors (Lipinski definition) is 3. The summed E-state index contributed by atoms with van der Waals surface area (Å²) in [5.41, 5.74) is 9.13. The molecule has 0 saturated heterocycles. The van der Waals surface area contributed by atoms with E-state index >= 15 is 0 Å². The monoisotopic (exact) mass is 207 g/mol. The Hall–Kier alpha value is -1.16. The van der Waals surface area contributed by atoms with Crippen LogP contribution < -0.4 is 5.73 Å². The summed E-state index contributed by atoms with van der Waals surface area (Å²) < 4.78 is 1.86. The number of thioether (sulfide) groups is 1. The molecule has 3 nitrogen and oxygen atoms in total. The molecule has 4 heteroatoms. The Labute approximate surface area is 87.3 Å². The van der Waals surface area contributed by atoms with Crippen LogP contribution in [0.1, 0.15) is 12.5 Å². The number of fused-ring (bicyclic) bond motifs is 1. The third kappa shape index (κ3) is 1.26. The number of rotatable bonds is 2. The Balaban J connectivity index is 2.79. The van der Waals surface area contributed by atoms with E-state index in [2.05, 4.69) is 18.1 Å². The fourth-order valence-corrected chi connectivity index (χ4v) is 2.10. The van der Waals surface area contributed by atoms with Crippen molar-refractivity contribution in [2.24, 2.45) is 0 Å². The van der Waals surface area contributed by atoms with Crippen LogP contribution in [0, 0.1) is 0 Å². The maximum absolute atomic E-state index is 6.02. The average molecular weight is 207 g/mol. The standard InChI is InChI=1S/C10H13N3S/c1-3-7-5-4-6-13-9(7)8(11)10(12-13)14-2/h4-6H,3,11H2,1-2H3. The van der Waals surface area contributed by atoms with Gasteiger partial charge in [0, 0.05) is 6.20 Å². The van der Waals surface area contributed by atoms with Gasteiger partial charge >= 0.3 is 0 Å². The highest BCUT2D eigenvalue weighted by molar-refractivity contribution is 7.98. The van der Waals surface area contributed by atoms with Crippen LogP contribution in [0.4, 0.5) is 5.69 Å². The maximum Gasteiger partial charge on any atom is 0.142 e. The minimum absolute atomic E-state index is 0.801. The van der Waals surface area contributed by atoms with Crippen molar-refractivity contribution in [3.63, 3.8) is 0 Å². The first-order valence-corrected chi connectivity index (χ1v) is 5.80. The van der Waals surface area contributed by atoms with E-state index in [1.165, 1.54) is 5.56 Å². The Kier molecular flexibility index (Phi) is 2.37. The molecular formula is C10H13N3S. The first-order chi connectivity index (χ1) is 6.77. The summed E-state index contributed by atoms with van der Waals surface area (Å²) in [7, 11) is 0. The molecule has 0 bridgehead atoms. The molecule has 2 aromatic heterocycles. The third-order valence-electron chi connectivity index (χ3n) is 2.32. The van der Waals surface area contributed by atoms with E-state index in [4.69, 9.17) is 5.73 Å². The molecule has 0 aromatic carbocycles. The van der Waals surface area contributed by atoms with Crippen LogP contribution in [-0.2, 0) is 6.42 Å². The number of pyridine rings is 1. The van der Waals surface area contributed by atoms with Gasteiger partial charge in [0.1, 0.15) is 5.03 Å². The Morgan fingerprint density at radius 2 is 2.36 bits per heavy atom. The van der Waals surface area contributed by atoms with Gasteiger partial charge in [-0.1, -0.05) is 13.0 Å². The number of nitrogens with zero attached hydrogens (tertiary/aromatic N) is 2. The van der Waals surface area contributed by atoms with Crippen LogP contribution in [0.15, 0.2) is 23.4 Å². The van der Waals surface area contributed by atoms with Gasteiger partial charge in [0.2, 0.25) is 0 Å². The summed E-state index contributed by atoms with van der Waals surface area (Å²) in [6, 6.07) is 4.10. The molecule has 14 heavy (non-hydrogen) atoms. The number of nitrogen functional groups attached to an aromatic ring is 1. The molecule has 2 N–H and O–H groups in total. The Bertz CT molecular complexity index is 462. The van der Waals surface area contributed by atoms with Gasteiger partial charge in [-0.05, 0) is 24.3 Å². The Morgan fingerprint density at radius 1 is 1.57 bits per heavy atom. The van der Waals surface area contributed by atoms with Gasteiger partial charge in [-0.3, -0.25) is 0 Å². The largest absolute Gasteiger partial charge is 0.395 e. The third-order valence-corrected chi connectivity index (χ3v) is 3.00. The zero-order valence-electron chi connectivity index (χ0n) is 8.32. The van der Waals surface area contributed by atoms with Crippen LogP contribution in [-0.4, -0.2) is 15.9 Å². The molecule has 2 heterocycles. The van der Waals surface area contributed by atoms with Gasteiger partial charge in [0.15, 0.2) is 0 Å². The summed E-state index contributed by atoms with van der Waals surface area (Å²) >= 11 is 1.58. The molecule has 0 unspecified atom stereocenters. The number of aryl methyl sites for hydroxylation is 1. The second kappa shape index (κ2) is 3.53. The van der Waals surface area contributed by atoms with Gasteiger partial charge in [-0.25, -0.2) is 4.52 Å². The molecule has 0 aliphatic heterocycles. The number of hydrogen-bond donors (Lipinski definition) is 1. The van der Waals surface area contributed by atoms with Gasteiger partial charge in [0.25, 0.3) is 0 Å². The van der Waals surface area contributed by atoms with Gasteiger partial charge in [-0.15, -0.1) is 11.8 Å². The first-order valence-electron chi connectivity index (χ1n) is 4.57. The van der Waals surface area contributed by atoms with Crippen molar-refractivity contribution in [1.82, 2.24) is 9.61 Å². The molecule has 0 saturated carbocycles. The smallest absolute Gasteiger partial charge is 0.142 e. The molecular weight excluding hydrogens is 194 g/mol. The van der Waals surface area contributed by atoms with E-state index in [0.717, 1.165) is 22.7 Å². The van der Waals surface area contributed by atoms with Crippen LogP contribution in [0.25, 0.3) is 5.52 Å². The van der Waals surface area contributed by atoms with E-state index in [9.17, 15) is 0 Å². The first kappa shape index (κ1) is 9.40. The molecule has 0 atom stereocenters. The fraction of sp³-hybridized carbons (Fsp3) is 0.300. The van der Waals surface area contributed by atoms with Crippen molar-refractivity contribution in [2.45, 2.75) is 18.4 Å². The van der Waals surface area contributed by atoms with E-state index in [-0.39, 0.29) is 0 Å². The summed E-state index contributed by atoms with van der Waals surface area (Å²) in [4.78, 5) is 0. The molecule has 0 aliphatic rings. The van der Waals surface area contributed by atoms with Crippen LogP contribution in [0.3, 0.4) is 0 Å². The van der Waals surface area contributed by atoms with Gasteiger partial charge < -0.3 is 5.73 Å². The highest BCUT2D eigenvalue weighted by atomic mass is 32.2. The van der Waals surface area contributed by atoms with E-state index in [0.29, 0.717) is 0 Å². The number of aromatic nitrogens is 2. The molecule has 2 aromatic rings. The second-order valence-corrected chi connectivity index (χ2v) is 3.90. The SMILES string of the molecule is CCc1cccn2nc(SC)c(N)c12. The molecule has 0 fully saturated rings. The lowest BCUT2D eigenvalue weighted by Gasteiger charge is -2.00. The molecule has 2 rings (SSSR count). The Morgan fingerprint density at radius 3 is 3.00 bits per heavy atom. The normalized spacial score (nSPS) is 11.0. The van der Waals surface area contributed by atoms with Crippen LogP contribution in [0.2, 0.25) is 0 Å². The van der Waals surface area contributed by atoms with E-state index in [1.54, 1.807) is 11.8 Å². The van der Waals surface area contributed by atoms with Crippen molar-refractivity contribution in [3.8, 4) is 0 Å². The van der Waals surface area contributed by atoms with Gasteiger partial charge in [-0.2, -0.15) is 5.10 Å². The van der Waals surface area contributed by atoms with E-state index in [1.807, 2.05) is 23.0 Å². The average Bonchev–Trinajstić information content (AvgIpc) is 2.55. The quantitative estimate of drug-likeness (QED) is 0.768. The fourth-order valence-electron chi connectivity index (χ4n) is 1.61. The lowest BCUT2D eigenvalue weighted by Crippen LogP contribution is -1.92. The minimum atomic E-state index is 0.801.